The molecule has 1 aromatic heterocycles. The number of carbonyl (C=O) groups is 1. The van der Waals surface area contributed by atoms with Crippen LogP contribution >= 0.6 is 0 Å². The summed E-state index contributed by atoms with van der Waals surface area (Å²) in [5, 5.41) is 7.24. The molecule has 166 valence electrons. The molecule has 2 N–H and O–H groups in total. The average Bonchev–Trinajstić information content (AvgIpc) is 2.85. The van der Waals surface area contributed by atoms with Crippen molar-refractivity contribution >= 4 is 34.1 Å². The van der Waals surface area contributed by atoms with E-state index in [1.54, 1.807) is 12.1 Å². The molecule has 0 atom stereocenters. The van der Waals surface area contributed by atoms with Crippen LogP contribution in [0.1, 0.15) is 21.5 Å². The fourth-order valence-electron chi connectivity index (χ4n) is 3.87. The smallest absolute Gasteiger partial charge is 0.255 e. The highest BCUT2D eigenvalue weighted by atomic mass is 16.1. The van der Waals surface area contributed by atoms with Gasteiger partial charge in [-0.05, 0) is 67.9 Å². The number of hydrogen-bond acceptors (Lipinski definition) is 4. The Morgan fingerprint density at radius 2 is 1.47 bits per heavy atom. The average molecular weight is 445 g/mol. The number of fused-ring (bicyclic) bond motifs is 1. The third-order valence-electron chi connectivity index (χ3n) is 5.58. The maximum Gasteiger partial charge on any atom is 0.255 e. The van der Waals surface area contributed by atoms with Crippen LogP contribution in [-0.4, -0.2) is 15.9 Å². The van der Waals surface area contributed by atoms with E-state index in [9.17, 15) is 4.79 Å². The van der Waals surface area contributed by atoms with Crippen molar-refractivity contribution < 1.29 is 4.79 Å². The van der Waals surface area contributed by atoms with Gasteiger partial charge in [0, 0.05) is 27.9 Å². The van der Waals surface area contributed by atoms with Gasteiger partial charge in [0.1, 0.15) is 0 Å². The zero-order chi connectivity index (χ0) is 23.5. The van der Waals surface area contributed by atoms with E-state index in [4.69, 9.17) is 9.97 Å². The summed E-state index contributed by atoms with van der Waals surface area (Å²) in [4.78, 5) is 22.2. The fourth-order valence-corrected chi connectivity index (χ4v) is 3.87. The van der Waals surface area contributed by atoms with Gasteiger partial charge in [-0.1, -0.05) is 54.1 Å². The maximum absolute atomic E-state index is 12.6. The van der Waals surface area contributed by atoms with Crippen LogP contribution in [-0.2, 0) is 0 Å². The van der Waals surface area contributed by atoms with E-state index in [0.717, 1.165) is 44.7 Å². The van der Waals surface area contributed by atoms with Crippen LogP contribution in [0, 0.1) is 13.8 Å². The number of rotatable bonds is 5. The van der Waals surface area contributed by atoms with E-state index in [0.29, 0.717) is 11.5 Å². The molecule has 5 aromatic rings. The lowest BCUT2D eigenvalue weighted by Crippen LogP contribution is -2.11. The molecule has 0 unspecified atom stereocenters. The minimum atomic E-state index is -0.152. The van der Waals surface area contributed by atoms with Crippen molar-refractivity contribution in [1.82, 2.24) is 9.97 Å². The molecule has 0 saturated carbocycles. The van der Waals surface area contributed by atoms with E-state index >= 15 is 0 Å². The largest absolute Gasteiger partial charge is 0.324 e. The molecule has 1 amide bonds. The first kappa shape index (κ1) is 21.3. The van der Waals surface area contributed by atoms with Crippen molar-refractivity contribution in [3.05, 3.63) is 114 Å². The molecule has 0 spiro atoms. The summed E-state index contributed by atoms with van der Waals surface area (Å²) in [6, 6.07) is 31.3. The molecule has 1 heterocycles. The zero-order valence-electron chi connectivity index (χ0n) is 19.0. The molecule has 4 aromatic carbocycles. The van der Waals surface area contributed by atoms with E-state index in [1.165, 1.54) is 0 Å². The summed E-state index contributed by atoms with van der Waals surface area (Å²) in [6.07, 6.45) is 0. The Labute approximate surface area is 198 Å². The molecule has 0 aliphatic carbocycles. The topological polar surface area (TPSA) is 66.9 Å². The van der Waals surface area contributed by atoms with Crippen LogP contribution in [0.15, 0.2) is 97.1 Å². The highest BCUT2D eigenvalue weighted by Gasteiger charge is 2.11. The number of benzene rings is 4. The number of aryl methyl sites for hydroxylation is 2. The van der Waals surface area contributed by atoms with Crippen molar-refractivity contribution in [2.75, 3.05) is 10.6 Å². The minimum Gasteiger partial charge on any atom is -0.324 e. The van der Waals surface area contributed by atoms with E-state index < -0.39 is 0 Å². The van der Waals surface area contributed by atoms with Gasteiger partial charge in [0.2, 0.25) is 5.95 Å². The third-order valence-corrected chi connectivity index (χ3v) is 5.58. The Balaban J connectivity index is 1.41. The van der Waals surface area contributed by atoms with Crippen LogP contribution in [0.5, 0.6) is 0 Å². The second-order valence-electron chi connectivity index (χ2n) is 8.31. The van der Waals surface area contributed by atoms with Gasteiger partial charge in [0.25, 0.3) is 5.91 Å². The lowest BCUT2D eigenvalue weighted by molar-refractivity contribution is 0.102. The number of aromatic nitrogens is 2. The fraction of sp³-hybridized carbons (Fsp3) is 0.0690. The van der Waals surface area contributed by atoms with Crippen molar-refractivity contribution in [2.45, 2.75) is 13.8 Å². The minimum absolute atomic E-state index is 0.152. The van der Waals surface area contributed by atoms with Gasteiger partial charge < -0.3 is 10.6 Å². The molecular formula is C29H24N4O. The molecule has 0 fully saturated rings. The van der Waals surface area contributed by atoms with E-state index in [1.807, 2.05) is 67.6 Å². The predicted molar refractivity (Wildman–Crippen MR) is 139 cm³/mol. The van der Waals surface area contributed by atoms with Crippen LogP contribution in [0.2, 0.25) is 0 Å². The summed E-state index contributed by atoms with van der Waals surface area (Å²) < 4.78 is 0. The van der Waals surface area contributed by atoms with Crippen LogP contribution < -0.4 is 10.6 Å². The SMILES string of the molecule is Cc1cccc(NC(=O)c2ccc(Nc3nc(-c4ccccc4)c4cc(C)ccc4n3)cc2)c1. The monoisotopic (exact) mass is 444 g/mol. The lowest BCUT2D eigenvalue weighted by atomic mass is 10.0. The lowest BCUT2D eigenvalue weighted by Gasteiger charge is -2.12. The molecule has 5 nitrogen and oxygen atoms in total. The Bertz CT molecular complexity index is 1480. The second kappa shape index (κ2) is 9.16. The first-order chi connectivity index (χ1) is 16.5. The van der Waals surface area contributed by atoms with Gasteiger partial charge in [-0.25, -0.2) is 9.97 Å². The van der Waals surface area contributed by atoms with Crippen molar-refractivity contribution in [2.24, 2.45) is 0 Å². The first-order valence-electron chi connectivity index (χ1n) is 11.1. The standard InChI is InChI=1S/C29H24N4O/c1-19-7-6-10-24(17-19)30-28(34)22-12-14-23(15-13-22)31-29-32-26-16-11-20(2)18-25(26)27(33-29)21-8-4-3-5-9-21/h3-18H,1-2H3,(H,30,34)(H,31,32,33). The molecule has 0 aliphatic rings. The number of carbonyl (C=O) groups excluding carboxylic acids is 1. The van der Waals surface area contributed by atoms with Crippen LogP contribution in [0.25, 0.3) is 22.2 Å². The van der Waals surface area contributed by atoms with Gasteiger partial charge in [0.15, 0.2) is 0 Å². The first-order valence-corrected chi connectivity index (χ1v) is 11.1. The summed E-state index contributed by atoms with van der Waals surface area (Å²) in [5.41, 5.74) is 7.20. The summed E-state index contributed by atoms with van der Waals surface area (Å²) in [5.74, 6) is 0.355. The van der Waals surface area contributed by atoms with Gasteiger partial charge in [-0.2, -0.15) is 0 Å². The number of anilines is 3. The predicted octanol–water partition coefficient (Wildman–Crippen LogP) is 6.91. The van der Waals surface area contributed by atoms with E-state index in [-0.39, 0.29) is 5.91 Å². The molecule has 0 aliphatic heterocycles. The summed E-state index contributed by atoms with van der Waals surface area (Å²) in [6.45, 7) is 4.06. The Hall–Kier alpha value is -4.51. The van der Waals surface area contributed by atoms with Crippen molar-refractivity contribution in [1.29, 1.82) is 0 Å². The Kier molecular flexibility index (Phi) is 5.75. The molecule has 5 heteroatoms. The maximum atomic E-state index is 12.6. The van der Waals surface area contributed by atoms with Crippen LogP contribution in [0.3, 0.4) is 0 Å². The normalized spacial score (nSPS) is 10.8. The van der Waals surface area contributed by atoms with E-state index in [2.05, 4.69) is 41.8 Å². The third kappa shape index (κ3) is 4.64. The second-order valence-corrected chi connectivity index (χ2v) is 8.31. The zero-order valence-corrected chi connectivity index (χ0v) is 19.0. The van der Waals surface area contributed by atoms with Crippen LogP contribution in [0.4, 0.5) is 17.3 Å². The summed E-state index contributed by atoms with van der Waals surface area (Å²) >= 11 is 0. The Morgan fingerprint density at radius 1 is 0.706 bits per heavy atom. The van der Waals surface area contributed by atoms with Gasteiger partial charge in [0.05, 0.1) is 11.2 Å². The quantitative estimate of drug-likeness (QED) is 0.309. The van der Waals surface area contributed by atoms with Gasteiger partial charge in [-0.3, -0.25) is 4.79 Å². The van der Waals surface area contributed by atoms with Gasteiger partial charge in [-0.15, -0.1) is 0 Å². The molecule has 0 radical (unpaired) electrons. The van der Waals surface area contributed by atoms with Gasteiger partial charge >= 0.3 is 0 Å². The molecule has 34 heavy (non-hydrogen) atoms. The number of amides is 1. The Morgan fingerprint density at radius 3 is 2.24 bits per heavy atom. The number of nitrogens with zero attached hydrogens (tertiary/aromatic N) is 2. The molecule has 0 saturated heterocycles. The number of nitrogens with one attached hydrogen (secondary N) is 2. The molecular weight excluding hydrogens is 420 g/mol. The molecule has 5 rings (SSSR count). The molecule has 0 bridgehead atoms. The van der Waals surface area contributed by atoms with Crippen molar-refractivity contribution in [3.63, 3.8) is 0 Å². The number of hydrogen-bond donors (Lipinski definition) is 2. The van der Waals surface area contributed by atoms with Crippen molar-refractivity contribution in [3.8, 4) is 11.3 Å². The highest BCUT2D eigenvalue weighted by molar-refractivity contribution is 6.04. The summed E-state index contributed by atoms with van der Waals surface area (Å²) in [7, 11) is 0. The highest BCUT2D eigenvalue weighted by Crippen LogP contribution is 2.29.